The van der Waals surface area contributed by atoms with Crippen molar-refractivity contribution in [1.82, 2.24) is 0 Å². The van der Waals surface area contributed by atoms with Crippen molar-refractivity contribution >= 4 is 10.4 Å². The average Bonchev–Trinajstić information content (AvgIpc) is 2.49. The normalized spacial score (nSPS) is 13.7. The molecule has 23 heavy (non-hydrogen) atoms. The van der Waals surface area contributed by atoms with Crippen molar-refractivity contribution in [2.24, 2.45) is 5.92 Å². The van der Waals surface area contributed by atoms with Gasteiger partial charge in [-0.05, 0) is 19.3 Å². The van der Waals surface area contributed by atoms with Crippen LogP contribution in [0.25, 0.3) is 0 Å². The van der Waals surface area contributed by atoms with Gasteiger partial charge in [0.15, 0.2) is 0 Å². The summed E-state index contributed by atoms with van der Waals surface area (Å²) in [6.45, 7) is 4.43. The Kier molecular flexibility index (Phi) is 14.9. The standard InChI is InChI=1S/C18H36O4S/c1-3-5-7-9-10-12-14-16-18(17-22-23(19,20)21)15-13-11-8-6-4-2/h13,15,18H,3-12,14,16-17H2,1-2H3,(H,19,20,21)/b15-13+. The molecule has 1 unspecified atom stereocenters. The maximum Gasteiger partial charge on any atom is 0.397 e. The summed E-state index contributed by atoms with van der Waals surface area (Å²) in [6, 6.07) is 0. The van der Waals surface area contributed by atoms with E-state index in [2.05, 4.69) is 30.2 Å². The van der Waals surface area contributed by atoms with Gasteiger partial charge in [-0.3, -0.25) is 4.55 Å². The van der Waals surface area contributed by atoms with E-state index >= 15 is 0 Å². The molecule has 0 aliphatic carbocycles. The van der Waals surface area contributed by atoms with Gasteiger partial charge in [0.05, 0.1) is 6.61 Å². The molecule has 0 bridgehead atoms. The van der Waals surface area contributed by atoms with Gasteiger partial charge in [0.25, 0.3) is 0 Å². The molecule has 0 spiro atoms. The van der Waals surface area contributed by atoms with Crippen LogP contribution in [0.5, 0.6) is 0 Å². The highest BCUT2D eigenvalue weighted by molar-refractivity contribution is 7.80. The predicted octanol–water partition coefficient (Wildman–Crippen LogP) is 5.70. The van der Waals surface area contributed by atoms with E-state index in [4.69, 9.17) is 4.55 Å². The molecule has 5 heteroatoms. The highest BCUT2D eigenvalue weighted by atomic mass is 32.3. The fraction of sp³-hybridized carbons (Fsp3) is 0.889. The fourth-order valence-electron chi connectivity index (χ4n) is 2.57. The molecule has 0 heterocycles. The van der Waals surface area contributed by atoms with Crippen molar-refractivity contribution in [3.63, 3.8) is 0 Å². The van der Waals surface area contributed by atoms with Gasteiger partial charge < -0.3 is 0 Å². The first kappa shape index (κ1) is 22.6. The van der Waals surface area contributed by atoms with E-state index in [-0.39, 0.29) is 12.5 Å². The van der Waals surface area contributed by atoms with Crippen molar-refractivity contribution in [3.05, 3.63) is 12.2 Å². The Morgan fingerprint density at radius 2 is 1.48 bits per heavy atom. The van der Waals surface area contributed by atoms with Crippen molar-refractivity contribution < 1.29 is 17.2 Å². The van der Waals surface area contributed by atoms with Gasteiger partial charge in [-0.15, -0.1) is 0 Å². The van der Waals surface area contributed by atoms with E-state index in [1.807, 2.05) is 0 Å². The van der Waals surface area contributed by atoms with E-state index in [1.54, 1.807) is 0 Å². The number of allylic oxidation sites excluding steroid dienone is 1. The lowest BCUT2D eigenvalue weighted by Crippen LogP contribution is -2.12. The quantitative estimate of drug-likeness (QED) is 0.221. The summed E-state index contributed by atoms with van der Waals surface area (Å²) in [7, 11) is -4.34. The van der Waals surface area contributed by atoms with E-state index < -0.39 is 10.4 Å². The molecule has 0 aliphatic rings. The Morgan fingerprint density at radius 3 is 2.09 bits per heavy atom. The van der Waals surface area contributed by atoms with Crippen molar-refractivity contribution in [2.45, 2.75) is 90.9 Å². The molecule has 1 atom stereocenters. The molecule has 0 fully saturated rings. The molecule has 0 rings (SSSR count). The van der Waals surface area contributed by atoms with Crippen LogP contribution >= 0.6 is 0 Å². The van der Waals surface area contributed by atoms with Crippen LogP contribution in [0, 0.1) is 5.92 Å². The predicted molar refractivity (Wildman–Crippen MR) is 96.9 cm³/mol. The van der Waals surface area contributed by atoms with Gasteiger partial charge in [-0.1, -0.05) is 83.8 Å². The summed E-state index contributed by atoms with van der Waals surface area (Å²) >= 11 is 0. The minimum Gasteiger partial charge on any atom is -0.264 e. The molecule has 1 N–H and O–H groups in total. The first-order valence-corrected chi connectivity index (χ1v) is 10.6. The molecule has 138 valence electrons. The van der Waals surface area contributed by atoms with E-state index in [0.29, 0.717) is 0 Å². The van der Waals surface area contributed by atoms with E-state index in [0.717, 1.165) is 25.7 Å². The molecule has 0 radical (unpaired) electrons. The van der Waals surface area contributed by atoms with Gasteiger partial charge >= 0.3 is 10.4 Å². The molecule has 0 saturated carbocycles. The third kappa shape index (κ3) is 17.8. The van der Waals surface area contributed by atoms with Crippen LogP contribution in [0.2, 0.25) is 0 Å². The second-order valence-electron chi connectivity index (χ2n) is 6.31. The maximum atomic E-state index is 10.7. The molecular weight excluding hydrogens is 312 g/mol. The molecule has 0 saturated heterocycles. The monoisotopic (exact) mass is 348 g/mol. The van der Waals surface area contributed by atoms with Gasteiger partial charge in [0.2, 0.25) is 0 Å². The lowest BCUT2D eigenvalue weighted by Gasteiger charge is -2.12. The van der Waals surface area contributed by atoms with Gasteiger partial charge in [0.1, 0.15) is 0 Å². The minimum absolute atomic E-state index is 0.0406. The third-order valence-electron chi connectivity index (χ3n) is 3.99. The topological polar surface area (TPSA) is 63.6 Å². The third-order valence-corrected chi connectivity index (χ3v) is 4.43. The molecule has 0 aromatic rings. The second-order valence-corrected chi connectivity index (χ2v) is 7.40. The van der Waals surface area contributed by atoms with Crippen LogP contribution in [0.1, 0.15) is 90.9 Å². The summed E-state index contributed by atoms with van der Waals surface area (Å²) in [4.78, 5) is 0. The summed E-state index contributed by atoms with van der Waals surface area (Å²) in [6.07, 6.45) is 18.3. The zero-order valence-corrected chi connectivity index (χ0v) is 15.8. The second kappa shape index (κ2) is 15.2. The summed E-state index contributed by atoms with van der Waals surface area (Å²) < 4.78 is 34.8. The van der Waals surface area contributed by atoms with Crippen LogP contribution in [0.4, 0.5) is 0 Å². The minimum atomic E-state index is -4.34. The van der Waals surface area contributed by atoms with Gasteiger partial charge in [0, 0.05) is 5.92 Å². The molecule has 4 nitrogen and oxygen atoms in total. The Labute approximate surface area is 143 Å². The van der Waals surface area contributed by atoms with Crippen LogP contribution in [-0.4, -0.2) is 19.6 Å². The first-order valence-electron chi connectivity index (χ1n) is 9.28. The number of unbranched alkanes of at least 4 members (excludes halogenated alkanes) is 9. The van der Waals surface area contributed by atoms with E-state index in [9.17, 15) is 8.42 Å². The lowest BCUT2D eigenvalue weighted by molar-refractivity contribution is 0.234. The van der Waals surface area contributed by atoms with Crippen LogP contribution in [-0.2, 0) is 14.6 Å². The van der Waals surface area contributed by atoms with Crippen molar-refractivity contribution in [1.29, 1.82) is 0 Å². The van der Waals surface area contributed by atoms with Gasteiger partial charge in [-0.2, -0.15) is 8.42 Å². The van der Waals surface area contributed by atoms with Gasteiger partial charge in [-0.25, -0.2) is 4.18 Å². The molecule has 0 aliphatic heterocycles. The van der Waals surface area contributed by atoms with Crippen LogP contribution < -0.4 is 0 Å². The zero-order chi connectivity index (χ0) is 17.4. The summed E-state index contributed by atoms with van der Waals surface area (Å²) in [5.74, 6) is 0.0641. The summed E-state index contributed by atoms with van der Waals surface area (Å²) in [5.41, 5.74) is 0. The highest BCUT2D eigenvalue weighted by Crippen LogP contribution is 2.16. The molecule has 0 aromatic carbocycles. The van der Waals surface area contributed by atoms with Crippen molar-refractivity contribution in [2.75, 3.05) is 6.61 Å². The Hall–Kier alpha value is -0.390. The Morgan fingerprint density at radius 1 is 0.913 bits per heavy atom. The van der Waals surface area contributed by atoms with Crippen molar-refractivity contribution in [3.8, 4) is 0 Å². The number of hydrogen-bond donors (Lipinski definition) is 1. The fourth-order valence-corrected chi connectivity index (χ4v) is 2.92. The molecular formula is C18H36O4S. The highest BCUT2D eigenvalue weighted by Gasteiger charge is 2.11. The molecule has 0 aromatic heterocycles. The average molecular weight is 349 g/mol. The Balaban J connectivity index is 4.01. The summed E-state index contributed by atoms with van der Waals surface area (Å²) in [5, 5.41) is 0. The number of hydrogen-bond acceptors (Lipinski definition) is 3. The molecule has 0 amide bonds. The van der Waals surface area contributed by atoms with Crippen LogP contribution in [0.3, 0.4) is 0 Å². The number of rotatable bonds is 16. The van der Waals surface area contributed by atoms with E-state index in [1.165, 1.54) is 51.4 Å². The Bertz CT molecular complexity index is 376. The SMILES string of the molecule is CCCCC/C=C/C(CCCCCCCCC)COS(=O)(=O)O. The smallest absolute Gasteiger partial charge is 0.264 e. The lowest BCUT2D eigenvalue weighted by atomic mass is 9.99. The maximum absolute atomic E-state index is 10.7. The first-order chi connectivity index (χ1) is 11.0. The zero-order valence-electron chi connectivity index (χ0n) is 15.0. The largest absolute Gasteiger partial charge is 0.397 e. The van der Waals surface area contributed by atoms with Crippen LogP contribution in [0.15, 0.2) is 12.2 Å².